The van der Waals surface area contributed by atoms with E-state index in [9.17, 15) is 18.0 Å². The second kappa shape index (κ2) is 7.15. The second-order valence-corrected chi connectivity index (χ2v) is 9.40. The summed E-state index contributed by atoms with van der Waals surface area (Å²) in [5.74, 6) is -0.158. The van der Waals surface area contributed by atoms with Crippen LogP contribution in [0.3, 0.4) is 0 Å². The van der Waals surface area contributed by atoms with Crippen molar-refractivity contribution in [2.75, 3.05) is 24.6 Å². The average Bonchev–Trinajstić information content (AvgIpc) is 3.10. The molecule has 0 radical (unpaired) electrons. The van der Waals surface area contributed by atoms with Gasteiger partial charge in [0.1, 0.15) is 0 Å². The fourth-order valence-electron chi connectivity index (χ4n) is 3.44. The van der Waals surface area contributed by atoms with Gasteiger partial charge in [-0.15, -0.1) is 0 Å². The largest absolute Gasteiger partial charge is 0.355 e. The van der Waals surface area contributed by atoms with Crippen LogP contribution in [0.25, 0.3) is 0 Å². The third kappa shape index (κ3) is 4.60. The van der Waals surface area contributed by atoms with Gasteiger partial charge in [0.25, 0.3) is 0 Å². The molecule has 3 rings (SSSR count). The van der Waals surface area contributed by atoms with Crippen molar-refractivity contribution in [3.8, 4) is 0 Å². The minimum atomic E-state index is -2.93. The Bertz CT molecular complexity index is 758. The normalized spacial score (nSPS) is 25.3. The summed E-state index contributed by atoms with van der Waals surface area (Å²) in [5, 5.41) is 2.83. The van der Waals surface area contributed by atoms with E-state index in [0.29, 0.717) is 26.1 Å². The first kappa shape index (κ1) is 17.9. The molecule has 0 saturated carbocycles. The first-order chi connectivity index (χ1) is 11.8. The van der Waals surface area contributed by atoms with E-state index in [-0.39, 0.29) is 41.6 Å². The number of sulfone groups is 1. The molecule has 2 aliphatic rings. The van der Waals surface area contributed by atoms with E-state index in [4.69, 9.17) is 0 Å². The van der Waals surface area contributed by atoms with Crippen LogP contribution < -0.4 is 5.32 Å². The Morgan fingerprint density at radius 3 is 2.64 bits per heavy atom. The molecular weight excluding hydrogens is 340 g/mol. The molecule has 2 saturated heterocycles. The lowest BCUT2D eigenvalue weighted by molar-refractivity contribution is -0.129. The monoisotopic (exact) mass is 364 g/mol. The Balaban J connectivity index is 1.49. The summed E-state index contributed by atoms with van der Waals surface area (Å²) in [6, 6.07) is 8.01. The van der Waals surface area contributed by atoms with Crippen LogP contribution >= 0.6 is 0 Å². The molecular formula is C18H24N2O4S. The molecule has 1 aromatic rings. The van der Waals surface area contributed by atoms with Gasteiger partial charge in [-0.2, -0.15) is 0 Å². The van der Waals surface area contributed by atoms with Crippen LogP contribution in [0.5, 0.6) is 0 Å². The van der Waals surface area contributed by atoms with Crippen LogP contribution in [0.4, 0.5) is 0 Å². The number of carbonyl (C=O) groups excluding carboxylic acids is 2. The number of likely N-dealkylation sites (tertiary alicyclic amines) is 1. The quantitative estimate of drug-likeness (QED) is 0.841. The zero-order chi connectivity index (χ0) is 18.0. The van der Waals surface area contributed by atoms with Crippen LogP contribution in [0.2, 0.25) is 0 Å². The Hall–Kier alpha value is -1.89. The summed E-state index contributed by atoms with van der Waals surface area (Å²) < 4.78 is 22.9. The number of rotatable bonds is 5. The van der Waals surface area contributed by atoms with Crippen molar-refractivity contribution in [3.63, 3.8) is 0 Å². The van der Waals surface area contributed by atoms with E-state index in [0.717, 1.165) is 5.56 Å². The summed E-state index contributed by atoms with van der Waals surface area (Å²) in [4.78, 5) is 26.2. The van der Waals surface area contributed by atoms with Gasteiger partial charge in [0.15, 0.2) is 9.84 Å². The lowest BCUT2D eigenvalue weighted by Gasteiger charge is -2.17. The highest BCUT2D eigenvalue weighted by Crippen LogP contribution is 2.22. The van der Waals surface area contributed by atoms with Crippen molar-refractivity contribution < 1.29 is 18.0 Å². The fourth-order valence-corrected chi connectivity index (χ4v) is 5.30. The zero-order valence-corrected chi connectivity index (χ0v) is 15.2. The SMILES string of the molecule is Cc1ccc(CN2C[C@H](C(=O)NC[C@H]3CCS(=O)(=O)C3)CC2=O)cc1. The lowest BCUT2D eigenvalue weighted by atomic mass is 10.1. The highest BCUT2D eigenvalue weighted by atomic mass is 32.2. The molecule has 0 aromatic heterocycles. The van der Waals surface area contributed by atoms with Crippen molar-refractivity contribution in [3.05, 3.63) is 35.4 Å². The molecule has 2 atom stereocenters. The third-order valence-corrected chi connectivity index (χ3v) is 6.81. The maximum Gasteiger partial charge on any atom is 0.225 e. The smallest absolute Gasteiger partial charge is 0.225 e. The molecule has 2 aliphatic heterocycles. The van der Waals surface area contributed by atoms with Crippen molar-refractivity contribution in [2.45, 2.75) is 26.3 Å². The zero-order valence-electron chi connectivity index (χ0n) is 14.4. The molecule has 6 nitrogen and oxygen atoms in total. The summed E-state index contributed by atoms with van der Waals surface area (Å²) in [6.45, 7) is 3.33. The number of benzene rings is 1. The topological polar surface area (TPSA) is 83.6 Å². The van der Waals surface area contributed by atoms with Crippen LogP contribution in [0.15, 0.2) is 24.3 Å². The van der Waals surface area contributed by atoms with Gasteiger partial charge in [0.05, 0.1) is 17.4 Å². The Morgan fingerprint density at radius 2 is 2.00 bits per heavy atom. The van der Waals surface area contributed by atoms with Gasteiger partial charge in [-0.25, -0.2) is 8.42 Å². The first-order valence-corrected chi connectivity index (χ1v) is 10.5. The van der Waals surface area contributed by atoms with E-state index in [1.165, 1.54) is 5.56 Å². The molecule has 0 spiro atoms. The number of nitrogens with zero attached hydrogens (tertiary/aromatic N) is 1. The molecule has 25 heavy (non-hydrogen) atoms. The summed E-state index contributed by atoms with van der Waals surface area (Å²) in [6.07, 6.45) is 0.826. The Morgan fingerprint density at radius 1 is 1.28 bits per heavy atom. The van der Waals surface area contributed by atoms with Gasteiger partial charge in [-0.05, 0) is 24.8 Å². The molecule has 7 heteroatoms. The van der Waals surface area contributed by atoms with Crippen LogP contribution in [-0.2, 0) is 26.0 Å². The molecule has 1 N–H and O–H groups in total. The minimum absolute atomic E-state index is 0.00489. The van der Waals surface area contributed by atoms with Crippen LogP contribution in [-0.4, -0.2) is 49.7 Å². The molecule has 0 bridgehead atoms. The second-order valence-electron chi connectivity index (χ2n) is 7.18. The number of hydrogen-bond acceptors (Lipinski definition) is 4. The highest BCUT2D eigenvalue weighted by Gasteiger charge is 2.35. The van der Waals surface area contributed by atoms with Gasteiger partial charge in [0.2, 0.25) is 11.8 Å². The third-order valence-electron chi connectivity index (χ3n) is 4.97. The minimum Gasteiger partial charge on any atom is -0.355 e. The summed E-state index contributed by atoms with van der Waals surface area (Å²) in [7, 11) is -2.93. The van der Waals surface area contributed by atoms with E-state index >= 15 is 0 Å². The maximum atomic E-state index is 12.3. The number of amides is 2. The predicted molar refractivity (Wildman–Crippen MR) is 94.5 cm³/mol. The molecule has 1 aromatic carbocycles. The average molecular weight is 364 g/mol. The molecule has 136 valence electrons. The molecule has 2 amide bonds. The van der Waals surface area contributed by atoms with Gasteiger partial charge < -0.3 is 10.2 Å². The maximum absolute atomic E-state index is 12.3. The van der Waals surface area contributed by atoms with Crippen LogP contribution in [0.1, 0.15) is 24.0 Å². The molecule has 0 aliphatic carbocycles. The first-order valence-electron chi connectivity index (χ1n) is 8.64. The van der Waals surface area contributed by atoms with Crippen molar-refractivity contribution >= 4 is 21.7 Å². The molecule has 2 fully saturated rings. The predicted octanol–water partition coefficient (Wildman–Crippen LogP) is 0.894. The van der Waals surface area contributed by atoms with Gasteiger partial charge in [0, 0.05) is 26.1 Å². The number of hydrogen-bond donors (Lipinski definition) is 1. The van der Waals surface area contributed by atoms with Crippen molar-refractivity contribution in [1.82, 2.24) is 10.2 Å². The van der Waals surface area contributed by atoms with Crippen molar-refractivity contribution in [2.24, 2.45) is 11.8 Å². The van der Waals surface area contributed by atoms with Gasteiger partial charge in [-0.1, -0.05) is 29.8 Å². The van der Waals surface area contributed by atoms with E-state index in [1.807, 2.05) is 31.2 Å². The number of carbonyl (C=O) groups is 2. The van der Waals surface area contributed by atoms with Gasteiger partial charge in [-0.3, -0.25) is 9.59 Å². The standard InChI is InChI=1S/C18H24N2O4S/c1-13-2-4-14(5-3-13)10-20-11-16(8-17(20)21)18(22)19-9-15-6-7-25(23,24)12-15/h2-5,15-16H,6-12H2,1H3,(H,19,22)/t15-,16-/m1/s1. The summed E-state index contributed by atoms with van der Waals surface area (Å²) in [5.41, 5.74) is 2.22. The fraction of sp³-hybridized carbons (Fsp3) is 0.556. The summed E-state index contributed by atoms with van der Waals surface area (Å²) >= 11 is 0. The number of nitrogens with one attached hydrogen (secondary N) is 1. The van der Waals surface area contributed by atoms with Crippen molar-refractivity contribution in [1.29, 1.82) is 0 Å². The highest BCUT2D eigenvalue weighted by molar-refractivity contribution is 7.91. The van der Waals surface area contributed by atoms with E-state index < -0.39 is 9.84 Å². The number of aryl methyl sites for hydroxylation is 1. The van der Waals surface area contributed by atoms with Crippen LogP contribution in [0, 0.1) is 18.8 Å². The molecule has 2 heterocycles. The Kier molecular flexibility index (Phi) is 5.13. The molecule has 0 unspecified atom stereocenters. The van der Waals surface area contributed by atoms with E-state index in [2.05, 4.69) is 5.32 Å². The Labute approximate surface area is 148 Å². The van der Waals surface area contributed by atoms with Gasteiger partial charge >= 0.3 is 0 Å². The van der Waals surface area contributed by atoms with E-state index in [1.54, 1.807) is 4.90 Å². The lowest BCUT2D eigenvalue weighted by Crippen LogP contribution is -2.36.